The van der Waals surface area contributed by atoms with Crippen LogP contribution in [0.15, 0.2) is 53.5 Å². The normalized spacial score (nSPS) is 15.7. The van der Waals surface area contributed by atoms with Crippen molar-refractivity contribution in [3.8, 4) is 0 Å². The van der Waals surface area contributed by atoms with Crippen LogP contribution in [-0.4, -0.2) is 85.5 Å². The van der Waals surface area contributed by atoms with Crippen molar-refractivity contribution in [1.82, 2.24) is 15.1 Å². The molecule has 0 saturated carbocycles. The van der Waals surface area contributed by atoms with Crippen LogP contribution < -0.4 is 5.32 Å². The molecular weight excluding hydrogens is 496 g/mol. The van der Waals surface area contributed by atoms with Crippen molar-refractivity contribution in [3.63, 3.8) is 0 Å². The Kier molecular flexibility index (Phi) is 10.1. The highest BCUT2D eigenvalue weighted by Crippen LogP contribution is 2.29. The number of hydrogen-bond donors (Lipinski definition) is 1. The average molecular weight is 535 g/mol. The summed E-state index contributed by atoms with van der Waals surface area (Å²) >= 11 is 0. The van der Waals surface area contributed by atoms with Gasteiger partial charge in [-0.05, 0) is 37.5 Å². The Balaban J connectivity index is 1.31. The van der Waals surface area contributed by atoms with E-state index < -0.39 is 18.0 Å². The molecule has 4 rings (SSSR count). The molecule has 1 atom stereocenters. The molecule has 39 heavy (non-hydrogen) atoms. The number of fused-ring (bicyclic) bond motifs is 2. The third-order valence-electron chi connectivity index (χ3n) is 7.03. The summed E-state index contributed by atoms with van der Waals surface area (Å²) in [5.74, 6) is -0.164. The Morgan fingerprint density at radius 2 is 1.59 bits per heavy atom. The van der Waals surface area contributed by atoms with Crippen molar-refractivity contribution < 1.29 is 23.9 Å². The number of aliphatic imine (C=N–C) groups is 1. The first kappa shape index (κ1) is 28.3. The number of carbonyl (C=O) groups is 3. The van der Waals surface area contributed by atoms with Crippen LogP contribution in [0.1, 0.15) is 49.8 Å². The predicted octanol–water partition coefficient (Wildman–Crippen LogP) is 3.07. The second kappa shape index (κ2) is 13.9. The van der Waals surface area contributed by atoms with E-state index in [1.807, 2.05) is 6.07 Å². The first-order valence-corrected chi connectivity index (χ1v) is 13.8. The summed E-state index contributed by atoms with van der Waals surface area (Å²) in [5.41, 5.74) is 4.70. The van der Waals surface area contributed by atoms with E-state index in [4.69, 9.17) is 14.5 Å². The number of nitrogens with zero attached hydrogens (tertiary/aromatic N) is 3. The van der Waals surface area contributed by atoms with Crippen LogP contribution >= 0.6 is 0 Å². The third kappa shape index (κ3) is 7.66. The minimum Gasteiger partial charge on any atom is -0.466 e. The fourth-order valence-corrected chi connectivity index (χ4v) is 4.98. The zero-order valence-electron chi connectivity index (χ0n) is 22.9. The van der Waals surface area contributed by atoms with Crippen LogP contribution in [0.5, 0.6) is 0 Å². The highest BCUT2D eigenvalue weighted by molar-refractivity contribution is 6.02. The topological polar surface area (TPSA) is 101 Å². The van der Waals surface area contributed by atoms with Crippen LogP contribution in [0.4, 0.5) is 5.69 Å². The number of ether oxygens (including phenoxy) is 2. The monoisotopic (exact) mass is 534 g/mol. The Morgan fingerprint density at radius 1 is 0.897 bits per heavy atom. The van der Waals surface area contributed by atoms with Gasteiger partial charge in [0.2, 0.25) is 5.91 Å². The lowest BCUT2D eigenvalue weighted by molar-refractivity contribution is -0.148. The number of amides is 1. The van der Waals surface area contributed by atoms with Gasteiger partial charge >= 0.3 is 11.9 Å². The first-order valence-electron chi connectivity index (χ1n) is 13.8. The van der Waals surface area contributed by atoms with E-state index in [1.165, 1.54) is 16.7 Å². The fraction of sp³-hybridized carbons (Fsp3) is 0.467. The van der Waals surface area contributed by atoms with E-state index in [9.17, 15) is 14.4 Å². The Morgan fingerprint density at radius 3 is 2.33 bits per heavy atom. The summed E-state index contributed by atoms with van der Waals surface area (Å²) in [6.45, 7) is 7.72. The molecule has 9 nitrogen and oxygen atoms in total. The zero-order chi connectivity index (χ0) is 27.6. The van der Waals surface area contributed by atoms with Crippen molar-refractivity contribution in [2.24, 2.45) is 4.99 Å². The Bertz CT molecular complexity index is 1190. The van der Waals surface area contributed by atoms with Crippen LogP contribution in [0.25, 0.3) is 0 Å². The summed E-state index contributed by atoms with van der Waals surface area (Å²) in [7, 11) is 0. The lowest BCUT2D eigenvalue weighted by Crippen LogP contribution is -2.50. The second-order valence-electron chi connectivity index (χ2n) is 9.69. The minimum absolute atomic E-state index is 0.0387. The number of piperazine rings is 1. The molecule has 2 heterocycles. The van der Waals surface area contributed by atoms with Crippen LogP contribution in [-0.2, 0) is 30.3 Å². The Labute approximate surface area is 230 Å². The van der Waals surface area contributed by atoms with E-state index in [0.29, 0.717) is 6.54 Å². The number of hydrogen-bond acceptors (Lipinski definition) is 8. The fourth-order valence-electron chi connectivity index (χ4n) is 4.98. The van der Waals surface area contributed by atoms with E-state index in [-0.39, 0.29) is 38.4 Å². The van der Waals surface area contributed by atoms with E-state index in [2.05, 4.69) is 57.6 Å². The Hall–Kier alpha value is -3.72. The molecule has 0 unspecified atom stereocenters. The molecule has 1 fully saturated rings. The molecule has 0 aliphatic carbocycles. The number of benzene rings is 2. The number of nitrogens with one attached hydrogen (secondary N) is 1. The van der Waals surface area contributed by atoms with Crippen molar-refractivity contribution in [3.05, 3.63) is 65.2 Å². The third-order valence-corrected chi connectivity index (χ3v) is 7.03. The number of esters is 2. The lowest BCUT2D eigenvalue weighted by Gasteiger charge is -2.36. The van der Waals surface area contributed by atoms with Crippen LogP contribution in [0.2, 0.25) is 0 Å². The van der Waals surface area contributed by atoms with E-state index in [0.717, 1.165) is 44.1 Å². The first-order chi connectivity index (χ1) is 19.0. The van der Waals surface area contributed by atoms with Crippen LogP contribution in [0.3, 0.4) is 0 Å². The molecule has 2 aliphatic rings. The summed E-state index contributed by atoms with van der Waals surface area (Å²) < 4.78 is 10.0. The van der Waals surface area contributed by atoms with Crippen molar-refractivity contribution in [1.29, 1.82) is 0 Å². The number of carbonyl (C=O) groups excluding carboxylic acids is 3. The van der Waals surface area contributed by atoms with Gasteiger partial charge in [-0.15, -0.1) is 0 Å². The van der Waals surface area contributed by atoms with E-state index in [1.54, 1.807) is 13.8 Å². The number of para-hydroxylation sites is 1. The van der Waals surface area contributed by atoms with Gasteiger partial charge in [-0.3, -0.25) is 14.5 Å². The number of rotatable bonds is 10. The van der Waals surface area contributed by atoms with Gasteiger partial charge in [0.1, 0.15) is 11.9 Å². The second-order valence-corrected chi connectivity index (χ2v) is 9.69. The van der Waals surface area contributed by atoms with Gasteiger partial charge in [-0.2, -0.15) is 0 Å². The minimum atomic E-state index is -0.866. The predicted molar refractivity (Wildman–Crippen MR) is 149 cm³/mol. The van der Waals surface area contributed by atoms with E-state index >= 15 is 0 Å². The molecule has 208 valence electrons. The van der Waals surface area contributed by atoms with Gasteiger partial charge in [0.05, 0.1) is 18.9 Å². The quantitative estimate of drug-likeness (QED) is 0.468. The number of amidine groups is 1. The van der Waals surface area contributed by atoms with Crippen molar-refractivity contribution in [2.75, 3.05) is 45.9 Å². The SMILES string of the molecule is CCOC(=O)CC[C@H](NC(=O)CCN1CCN(C2=Nc3ccccc3Cc3ccccc32)CC1)C(=O)OCC. The van der Waals surface area contributed by atoms with Gasteiger partial charge in [0.25, 0.3) is 0 Å². The standard InChI is InChI=1S/C30H38N4O5/c1-3-38-28(36)14-13-26(30(37)39-4-2)31-27(35)15-16-33-17-19-34(20-18-33)29-24-11-7-5-9-22(24)21-23-10-6-8-12-25(23)32-29/h5-12,26H,3-4,13-21H2,1-2H3,(H,31,35)/t26-/m0/s1. The molecule has 2 aliphatic heterocycles. The molecule has 1 N–H and O–H groups in total. The highest BCUT2D eigenvalue weighted by atomic mass is 16.5. The average Bonchev–Trinajstić information content (AvgIpc) is 3.11. The molecule has 1 saturated heterocycles. The summed E-state index contributed by atoms with van der Waals surface area (Å²) in [4.78, 5) is 46.4. The molecule has 2 aromatic carbocycles. The van der Waals surface area contributed by atoms with Crippen molar-refractivity contribution in [2.45, 2.75) is 45.6 Å². The van der Waals surface area contributed by atoms with Gasteiger partial charge in [0, 0.05) is 57.5 Å². The summed E-state index contributed by atoms with van der Waals surface area (Å²) in [6, 6.07) is 15.9. The maximum Gasteiger partial charge on any atom is 0.328 e. The van der Waals surface area contributed by atoms with Gasteiger partial charge < -0.3 is 19.7 Å². The van der Waals surface area contributed by atoms with Gasteiger partial charge in [-0.25, -0.2) is 9.79 Å². The molecule has 9 heteroatoms. The molecule has 1 amide bonds. The largest absolute Gasteiger partial charge is 0.466 e. The van der Waals surface area contributed by atoms with Gasteiger partial charge in [-0.1, -0.05) is 42.5 Å². The summed E-state index contributed by atoms with van der Waals surface area (Å²) in [6.07, 6.45) is 1.30. The molecule has 0 aromatic heterocycles. The molecule has 0 radical (unpaired) electrons. The molecule has 0 bridgehead atoms. The smallest absolute Gasteiger partial charge is 0.328 e. The highest BCUT2D eigenvalue weighted by Gasteiger charge is 2.26. The zero-order valence-corrected chi connectivity index (χ0v) is 22.9. The molecule has 0 spiro atoms. The summed E-state index contributed by atoms with van der Waals surface area (Å²) in [5, 5.41) is 2.75. The maximum atomic E-state index is 12.7. The maximum absolute atomic E-state index is 12.7. The van der Waals surface area contributed by atoms with Gasteiger partial charge in [0.15, 0.2) is 0 Å². The van der Waals surface area contributed by atoms with Crippen molar-refractivity contribution >= 4 is 29.4 Å². The molecule has 2 aromatic rings. The van der Waals surface area contributed by atoms with Crippen LogP contribution in [0, 0.1) is 0 Å². The molecular formula is C30H38N4O5. The lowest BCUT2D eigenvalue weighted by atomic mass is 9.99.